The third-order valence-corrected chi connectivity index (χ3v) is 4.41. The Morgan fingerprint density at radius 1 is 1.08 bits per heavy atom. The van der Waals surface area contributed by atoms with E-state index < -0.39 is 0 Å². The van der Waals surface area contributed by atoms with Gasteiger partial charge in [-0.3, -0.25) is 9.59 Å². The molecular formula is C20H17NO4. The molecule has 1 N–H and O–H groups in total. The number of aryl methyl sites for hydroxylation is 1. The molecule has 0 fully saturated rings. The Labute approximate surface area is 144 Å². The number of aromatic amines is 1. The summed E-state index contributed by atoms with van der Waals surface area (Å²) in [5.74, 6) is 0.838. The number of benzene rings is 2. The van der Waals surface area contributed by atoms with Gasteiger partial charge in [-0.05, 0) is 18.1 Å². The molecule has 0 unspecified atom stereocenters. The SMILES string of the molecule is CCc1ccc(C(=O)c2c[nH]c3cc4c(cc3c2=O)OCCO4)cc1. The lowest BCUT2D eigenvalue weighted by Crippen LogP contribution is -2.19. The fraction of sp³-hybridized carbons (Fsp3) is 0.200. The molecule has 3 aromatic rings. The van der Waals surface area contributed by atoms with E-state index in [0.29, 0.717) is 41.2 Å². The quantitative estimate of drug-likeness (QED) is 0.747. The Kier molecular flexibility index (Phi) is 3.76. The first-order valence-corrected chi connectivity index (χ1v) is 8.26. The molecule has 1 aliphatic heterocycles. The van der Waals surface area contributed by atoms with Crippen molar-refractivity contribution in [3.63, 3.8) is 0 Å². The number of H-pyrrole nitrogens is 1. The summed E-state index contributed by atoms with van der Waals surface area (Å²) < 4.78 is 11.1. The summed E-state index contributed by atoms with van der Waals surface area (Å²) in [5, 5.41) is 0.417. The van der Waals surface area contributed by atoms with Gasteiger partial charge in [0.05, 0.1) is 16.5 Å². The maximum absolute atomic E-state index is 12.8. The average Bonchev–Trinajstić information content (AvgIpc) is 2.67. The monoisotopic (exact) mass is 335 g/mol. The molecule has 0 saturated heterocycles. The van der Waals surface area contributed by atoms with Gasteiger partial charge in [0.15, 0.2) is 17.3 Å². The number of hydrogen-bond acceptors (Lipinski definition) is 4. The molecule has 5 heteroatoms. The van der Waals surface area contributed by atoms with Crippen LogP contribution in [-0.4, -0.2) is 24.0 Å². The van der Waals surface area contributed by atoms with Crippen molar-refractivity contribution in [3.05, 3.63) is 69.5 Å². The molecule has 0 aliphatic carbocycles. The van der Waals surface area contributed by atoms with Crippen LogP contribution in [-0.2, 0) is 6.42 Å². The van der Waals surface area contributed by atoms with Crippen molar-refractivity contribution >= 4 is 16.7 Å². The van der Waals surface area contributed by atoms with Crippen LogP contribution in [0.3, 0.4) is 0 Å². The van der Waals surface area contributed by atoms with E-state index in [4.69, 9.17) is 9.47 Å². The van der Waals surface area contributed by atoms with Gasteiger partial charge < -0.3 is 14.5 Å². The van der Waals surface area contributed by atoms with Crippen molar-refractivity contribution in [2.75, 3.05) is 13.2 Å². The standard InChI is InChI=1S/C20H17NO4/c1-2-12-3-5-13(6-4-12)19(22)15-11-21-16-10-18-17(24-7-8-25-18)9-14(16)20(15)23/h3-6,9-11H,2,7-8H2,1H3,(H,21,23). The minimum Gasteiger partial charge on any atom is -0.486 e. The average molecular weight is 335 g/mol. The van der Waals surface area contributed by atoms with E-state index in [1.54, 1.807) is 24.3 Å². The number of hydrogen-bond donors (Lipinski definition) is 1. The maximum Gasteiger partial charge on any atom is 0.200 e. The van der Waals surface area contributed by atoms with Crippen molar-refractivity contribution in [1.82, 2.24) is 4.98 Å². The van der Waals surface area contributed by atoms with Crippen molar-refractivity contribution in [1.29, 1.82) is 0 Å². The number of rotatable bonds is 3. The van der Waals surface area contributed by atoms with Crippen LogP contribution in [0, 0.1) is 0 Å². The van der Waals surface area contributed by atoms with Gasteiger partial charge in [0.1, 0.15) is 13.2 Å². The van der Waals surface area contributed by atoms with E-state index in [1.165, 1.54) is 6.20 Å². The second-order valence-corrected chi connectivity index (χ2v) is 5.95. The van der Waals surface area contributed by atoms with Crippen molar-refractivity contribution < 1.29 is 14.3 Å². The van der Waals surface area contributed by atoms with Crippen LogP contribution < -0.4 is 14.9 Å². The minimum atomic E-state index is -0.310. The van der Waals surface area contributed by atoms with E-state index >= 15 is 0 Å². The Morgan fingerprint density at radius 2 is 1.76 bits per heavy atom. The van der Waals surface area contributed by atoms with Gasteiger partial charge in [-0.2, -0.15) is 0 Å². The summed E-state index contributed by atoms with van der Waals surface area (Å²) >= 11 is 0. The molecule has 0 amide bonds. The minimum absolute atomic E-state index is 0.119. The largest absolute Gasteiger partial charge is 0.486 e. The molecular weight excluding hydrogens is 318 g/mol. The highest BCUT2D eigenvalue weighted by Crippen LogP contribution is 2.32. The molecule has 0 bridgehead atoms. The number of aromatic nitrogens is 1. The van der Waals surface area contributed by atoms with E-state index in [0.717, 1.165) is 12.0 Å². The van der Waals surface area contributed by atoms with E-state index in [9.17, 15) is 9.59 Å². The Morgan fingerprint density at radius 3 is 2.44 bits per heavy atom. The van der Waals surface area contributed by atoms with Crippen molar-refractivity contribution in [2.45, 2.75) is 13.3 Å². The summed E-state index contributed by atoms with van der Waals surface area (Å²) in [6, 6.07) is 10.7. The second-order valence-electron chi connectivity index (χ2n) is 5.95. The third kappa shape index (κ3) is 2.67. The first-order chi connectivity index (χ1) is 12.2. The molecule has 1 aliphatic rings. The van der Waals surface area contributed by atoms with Gasteiger partial charge in [0, 0.05) is 17.8 Å². The highest BCUT2D eigenvalue weighted by molar-refractivity contribution is 6.10. The summed E-state index contributed by atoms with van der Waals surface area (Å²) in [4.78, 5) is 28.6. The Bertz CT molecular complexity index is 1020. The second kappa shape index (κ2) is 6.09. The van der Waals surface area contributed by atoms with Crippen LogP contribution in [0.15, 0.2) is 47.4 Å². The predicted molar refractivity (Wildman–Crippen MR) is 94.8 cm³/mol. The number of pyridine rings is 1. The van der Waals surface area contributed by atoms with Crippen LogP contribution in [0.1, 0.15) is 28.4 Å². The lowest BCUT2D eigenvalue weighted by molar-refractivity contribution is 0.103. The number of nitrogens with one attached hydrogen (secondary N) is 1. The van der Waals surface area contributed by atoms with Gasteiger partial charge >= 0.3 is 0 Å². The predicted octanol–water partition coefficient (Wildman–Crippen LogP) is 3.09. The van der Waals surface area contributed by atoms with E-state index in [2.05, 4.69) is 11.9 Å². The van der Waals surface area contributed by atoms with Crippen LogP contribution in [0.2, 0.25) is 0 Å². The topological polar surface area (TPSA) is 68.4 Å². The molecule has 0 radical (unpaired) electrons. The summed E-state index contributed by atoms with van der Waals surface area (Å²) in [7, 11) is 0. The fourth-order valence-corrected chi connectivity index (χ4v) is 2.97. The molecule has 2 aromatic carbocycles. The number of fused-ring (bicyclic) bond motifs is 2. The Balaban J connectivity index is 1.80. The first kappa shape index (κ1) is 15.4. The van der Waals surface area contributed by atoms with Crippen LogP contribution in [0.4, 0.5) is 0 Å². The smallest absolute Gasteiger partial charge is 0.200 e. The van der Waals surface area contributed by atoms with E-state index in [1.807, 2.05) is 12.1 Å². The summed E-state index contributed by atoms with van der Waals surface area (Å²) in [6.45, 7) is 2.98. The lowest BCUT2D eigenvalue weighted by atomic mass is 10.0. The molecule has 0 spiro atoms. The van der Waals surface area contributed by atoms with E-state index in [-0.39, 0.29) is 16.8 Å². The lowest BCUT2D eigenvalue weighted by Gasteiger charge is -2.18. The van der Waals surface area contributed by atoms with Gasteiger partial charge in [-0.25, -0.2) is 0 Å². The molecule has 5 nitrogen and oxygen atoms in total. The molecule has 2 heterocycles. The highest BCUT2D eigenvalue weighted by atomic mass is 16.6. The third-order valence-electron chi connectivity index (χ3n) is 4.41. The number of carbonyl (C=O) groups is 1. The van der Waals surface area contributed by atoms with Crippen LogP contribution in [0.25, 0.3) is 10.9 Å². The molecule has 25 heavy (non-hydrogen) atoms. The highest BCUT2D eigenvalue weighted by Gasteiger charge is 2.18. The van der Waals surface area contributed by atoms with Gasteiger partial charge in [0.25, 0.3) is 0 Å². The van der Waals surface area contributed by atoms with Crippen molar-refractivity contribution in [2.24, 2.45) is 0 Å². The summed E-state index contributed by atoms with van der Waals surface area (Å²) in [5.41, 5.74) is 2.07. The molecule has 1 aromatic heterocycles. The zero-order valence-electron chi connectivity index (χ0n) is 13.8. The van der Waals surface area contributed by atoms with Crippen LogP contribution >= 0.6 is 0 Å². The van der Waals surface area contributed by atoms with Gasteiger partial charge in [0.2, 0.25) is 5.43 Å². The normalized spacial score (nSPS) is 13.0. The molecule has 4 rings (SSSR count). The Hall–Kier alpha value is -3.08. The number of carbonyl (C=O) groups excluding carboxylic acids is 1. The number of ether oxygens (including phenoxy) is 2. The van der Waals surface area contributed by atoms with Crippen LogP contribution in [0.5, 0.6) is 11.5 Å². The fourth-order valence-electron chi connectivity index (χ4n) is 2.97. The van der Waals surface area contributed by atoms with Crippen molar-refractivity contribution in [3.8, 4) is 11.5 Å². The first-order valence-electron chi connectivity index (χ1n) is 8.26. The van der Waals surface area contributed by atoms with Gasteiger partial charge in [-0.1, -0.05) is 31.2 Å². The zero-order chi connectivity index (χ0) is 17.4. The summed E-state index contributed by atoms with van der Waals surface area (Å²) in [6.07, 6.45) is 2.37. The molecule has 126 valence electrons. The maximum atomic E-state index is 12.8. The van der Waals surface area contributed by atoms with Gasteiger partial charge in [-0.15, -0.1) is 0 Å². The zero-order valence-corrected chi connectivity index (χ0v) is 13.8. The molecule has 0 atom stereocenters. The number of ketones is 1. The molecule has 0 saturated carbocycles.